The van der Waals surface area contributed by atoms with Gasteiger partial charge >= 0.3 is 0 Å². The SMILES string of the molecule is COc1cc(CNCCn2nc(C)cc2C)ccc1OCC(O)CN1CCOCC1. The molecule has 30 heavy (non-hydrogen) atoms. The number of benzene rings is 1. The lowest BCUT2D eigenvalue weighted by Crippen LogP contribution is -2.42. The number of morpholine rings is 1. The highest BCUT2D eigenvalue weighted by Gasteiger charge is 2.16. The van der Waals surface area contributed by atoms with Gasteiger partial charge in [-0.05, 0) is 37.6 Å². The number of aryl methyl sites for hydroxylation is 2. The van der Waals surface area contributed by atoms with Gasteiger partial charge in [0, 0.05) is 38.4 Å². The van der Waals surface area contributed by atoms with Crippen LogP contribution in [0.25, 0.3) is 0 Å². The lowest BCUT2D eigenvalue weighted by Gasteiger charge is -2.28. The molecular weight excluding hydrogens is 384 g/mol. The molecule has 2 aromatic rings. The Balaban J connectivity index is 1.43. The average molecular weight is 419 g/mol. The molecular formula is C22H34N4O4. The lowest BCUT2D eigenvalue weighted by molar-refractivity contribution is 0.00445. The van der Waals surface area contributed by atoms with Crippen molar-refractivity contribution in [3.05, 3.63) is 41.2 Å². The molecule has 0 aliphatic carbocycles. The van der Waals surface area contributed by atoms with E-state index in [1.54, 1.807) is 7.11 Å². The van der Waals surface area contributed by atoms with Gasteiger partial charge in [0.05, 0.1) is 32.6 Å². The number of nitrogens with one attached hydrogen (secondary N) is 1. The fourth-order valence-electron chi connectivity index (χ4n) is 3.58. The van der Waals surface area contributed by atoms with Crippen LogP contribution in [0.2, 0.25) is 0 Å². The van der Waals surface area contributed by atoms with Crippen LogP contribution in [0.1, 0.15) is 17.0 Å². The predicted molar refractivity (Wildman–Crippen MR) is 115 cm³/mol. The first-order valence-electron chi connectivity index (χ1n) is 10.5. The molecule has 0 radical (unpaired) electrons. The van der Waals surface area contributed by atoms with Gasteiger partial charge in [0.25, 0.3) is 0 Å². The molecule has 1 unspecified atom stereocenters. The second-order valence-electron chi connectivity index (χ2n) is 7.69. The van der Waals surface area contributed by atoms with Gasteiger partial charge in [-0.25, -0.2) is 0 Å². The van der Waals surface area contributed by atoms with Crippen LogP contribution in [0.15, 0.2) is 24.3 Å². The summed E-state index contributed by atoms with van der Waals surface area (Å²) >= 11 is 0. The number of aliphatic hydroxyl groups is 1. The zero-order chi connectivity index (χ0) is 21.3. The average Bonchev–Trinajstić information content (AvgIpc) is 3.07. The Bertz CT molecular complexity index is 789. The Morgan fingerprint density at radius 3 is 2.70 bits per heavy atom. The fourth-order valence-corrected chi connectivity index (χ4v) is 3.58. The largest absolute Gasteiger partial charge is 0.493 e. The van der Waals surface area contributed by atoms with Crippen molar-refractivity contribution in [2.75, 3.05) is 53.1 Å². The van der Waals surface area contributed by atoms with Crippen molar-refractivity contribution in [1.29, 1.82) is 0 Å². The fraction of sp³-hybridized carbons (Fsp3) is 0.591. The number of hydrogen-bond acceptors (Lipinski definition) is 7. The summed E-state index contributed by atoms with van der Waals surface area (Å²) in [5.74, 6) is 1.32. The van der Waals surface area contributed by atoms with Crippen LogP contribution in [0.3, 0.4) is 0 Å². The summed E-state index contributed by atoms with van der Waals surface area (Å²) in [4.78, 5) is 2.19. The Morgan fingerprint density at radius 1 is 1.20 bits per heavy atom. The van der Waals surface area contributed by atoms with Gasteiger partial charge in [0.15, 0.2) is 11.5 Å². The molecule has 1 aromatic carbocycles. The van der Waals surface area contributed by atoms with Gasteiger partial charge in [-0.1, -0.05) is 6.07 Å². The highest BCUT2D eigenvalue weighted by atomic mass is 16.5. The van der Waals surface area contributed by atoms with Crippen molar-refractivity contribution < 1.29 is 19.3 Å². The normalized spacial score (nSPS) is 15.9. The number of aromatic nitrogens is 2. The molecule has 1 aliphatic heterocycles. The molecule has 0 bridgehead atoms. The van der Waals surface area contributed by atoms with E-state index in [1.165, 1.54) is 5.69 Å². The van der Waals surface area contributed by atoms with Crippen molar-refractivity contribution in [3.8, 4) is 11.5 Å². The summed E-state index contributed by atoms with van der Waals surface area (Å²) in [5.41, 5.74) is 3.33. The first-order chi connectivity index (χ1) is 14.5. The van der Waals surface area contributed by atoms with Crippen LogP contribution in [-0.2, 0) is 17.8 Å². The summed E-state index contributed by atoms with van der Waals surface area (Å²) in [6.07, 6.45) is -0.552. The zero-order valence-corrected chi connectivity index (χ0v) is 18.3. The van der Waals surface area contributed by atoms with E-state index in [0.717, 1.165) is 57.2 Å². The lowest BCUT2D eigenvalue weighted by atomic mass is 10.2. The maximum atomic E-state index is 10.3. The first kappa shape index (κ1) is 22.6. The van der Waals surface area contributed by atoms with E-state index >= 15 is 0 Å². The van der Waals surface area contributed by atoms with Crippen molar-refractivity contribution in [2.24, 2.45) is 0 Å². The minimum absolute atomic E-state index is 0.230. The monoisotopic (exact) mass is 418 g/mol. The van der Waals surface area contributed by atoms with Gasteiger partial charge in [0.1, 0.15) is 12.7 Å². The number of aliphatic hydroxyl groups excluding tert-OH is 1. The van der Waals surface area contributed by atoms with Crippen molar-refractivity contribution in [3.63, 3.8) is 0 Å². The Kier molecular flexibility index (Phi) is 8.50. The summed E-state index contributed by atoms with van der Waals surface area (Å²) in [6, 6.07) is 7.97. The Morgan fingerprint density at radius 2 is 2.00 bits per heavy atom. The van der Waals surface area contributed by atoms with Gasteiger partial charge in [0.2, 0.25) is 0 Å². The standard InChI is InChI=1S/C22H34N4O4/c1-17-12-18(2)26(24-17)7-6-23-14-19-4-5-21(22(13-19)28-3)30-16-20(27)15-25-8-10-29-11-9-25/h4-5,12-13,20,23,27H,6-11,14-16H2,1-3H3. The zero-order valence-electron chi connectivity index (χ0n) is 18.3. The number of ether oxygens (including phenoxy) is 3. The third kappa shape index (κ3) is 6.70. The molecule has 3 rings (SSSR count). The number of nitrogens with zero attached hydrogens (tertiary/aromatic N) is 3. The highest BCUT2D eigenvalue weighted by molar-refractivity contribution is 5.43. The van der Waals surface area contributed by atoms with E-state index in [0.29, 0.717) is 18.0 Å². The quantitative estimate of drug-likeness (QED) is 0.534. The molecule has 1 aliphatic rings. The first-order valence-corrected chi connectivity index (χ1v) is 10.5. The van der Waals surface area contributed by atoms with E-state index in [9.17, 15) is 5.11 Å². The van der Waals surface area contributed by atoms with E-state index in [1.807, 2.05) is 29.8 Å². The van der Waals surface area contributed by atoms with Crippen LogP contribution in [-0.4, -0.2) is 79.0 Å². The molecule has 1 fully saturated rings. The van der Waals surface area contributed by atoms with Crippen LogP contribution in [0.4, 0.5) is 0 Å². The summed E-state index contributed by atoms with van der Waals surface area (Å²) in [5, 5.41) is 18.2. The highest BCUT2D eigenvalue weighted by Crippen LogP contribution is 2.28. The number of β-amino-alcohol motifs (C(OH)–C–C–N with tert-alkyl or cyclic N) is 1. The minimum atomic E-state index is -0.552. The number of methoxy groups -OCH3 is 1. The summed E-state index contributed by atoms with van der Waals surface area (Å²) in [6.45, 7) is 10.4. The number of rotatable bonds is 11. The topological polar surface area (TPSA) is 81.0 Å². The Hall–Kier alpha value is -2.13. The van der Waals surface area contributed by atoms with Crippen LogP contribution in [0.5, 0.6) is 11.5 Å². The summed E-state index contributed by atoms with van der Waals surface area (Å²) < 4.78 is 18.7. The van der Waals surface area contributed by atoms with Gasteiger partial charge in [-0.3, -0.25) is 9.58 Å². The second-order valence-corrected chi connectivity index (χ2v) is 7.69. The maximum absolute atomic E-state index is 10.3. The van der Waals surface area contributed by atoms with Crippen molar-refractivity contribution in [2.45, 2.75) is 33.0 Å². The Labute approximate surface area is 178 Å². The third-order valence-electron chi connectivity index (χ3n) is 5.16. The predicted octanol–water partition coefficient (Wildman–Crippen LogP) is 1.37. The molecule has 0 spiro atoms. The molecule has 8 heteroatoms. The molecule has 1 saturated heterocycles. The molecule has 8 nitrogen and oxygen atoms in total. The molecule has 1 atom stereocenters. The molecule has 2 N–H and O–H groups in total. The smallest absolute Gasteiger partial charge is 0.161 e. The second kappa shape index (κ2) is 11.3. The molecule has 2 heterocycles. The summed E-state index contributed by atoms with van der Waals surface area (Å²) in [7, 11) is 1.63. The van der Waals surface area contributed by atoms with Crippen molar-refractivity contribution >= 4 is 0 Å². The number of hydrogen-bond donors (Lipinski definition) is 2. The molecule has 166 valence electrons. The van der Waals surface area contributed by atoms with E-state index in [-0.39, 0.29) is 6.61 Å². The molecule has 0 saturated carbocycles. The van der Waals surface area contributed by atoms with Gasteiger partial charge in [-0.2, -0.15) is 5.10 Å². The van der Waals surface area contributed by atoms with Crippen LogP contribution >= 0.6 is 0 Å². The van der Waals surface area contributed by atoms with E-state index in [4.69, 9.17) is 14.2 Å². The van der Waals surface area contributed by atoms with Crippen molar-refractivity contribution in [1.82, 2.24) is 20.0 Å². The third-order valence-corrected chi connectivity index (χ3v) is 5.16. The van der Waals surface area contributed by atoms with E-state index < -0.39 is 6.10 Å². The molecule has 1 aromatic heterocycles. The molecule has 0 amide bonds. The van der Waals surface area contributed by atoms with Crippen LogP contribution in [0, 0.1) is 13.8 Å². The van der Waals surface area contributed by atoms with Gasteiger partial charge in [-0.15, -0.1) is 0 Å². The van der Waals surface area contributed by atoms with Gasteiger partial charge < -0.3 is 24.6 Å². The minimum Gasteiger partial charge on any atom is -0.493 e. The van der Waals surface area contributed by atoms with E-state index in [2.05, 4.69) is 28.3 Å². The van der Waals surface area contributed by atoms with Crippen LogP contribution < -0.4 is 14.8 Å². The maximum Gasteiger partial charge on any atom is 0.161 e.